The molecule has 3 rings (SSSR count). The monoisotopic (exact) mass is 378 g/mol. The molecule has 0 unspecified atom stereocenters. The number of ether oxygens (including phenoxy) is 1. The minimum absolute atomic E-state index is 0.298. The van der Waals surface area contributed by atoms with Gasteiger partial charge in [0.05, 0.1) is 0 Å². The Morgan fingerprint density at radius 3 is 2.46 bits per heavy atom. The first-order valence-electron chi connectivity index (χ1n) is 9.21. The van der Waals surface area contributed by atoms with Gasteiger partial charge in [-0.3, -0.25) is 4.79 Å². The van der Waals surface area contributed by atoms with E-state index in [1.165, 1.54) is 12.2 Å². The van der Waals surface area contributed by atoms with Crippen LogP contribution in [0.3, 0.4) is 0 Å². The van der Waals surface area contributed by atoms with Gasteiger partial charge in [0.25, 0.3) is 5.91 Å². The molecule has 0 aliphatic carbocycles. The molecule has 0 aliphatic rings. The number of para-hydroxylation sites is 3. The van der Waals surface area contributed by atoms with E-state index in [0.717, 1.165) is 29.7 Å². The van der Waals surface area contributed by atoms with Crippen LogP contribution in [0.2, 0.25) is 0 Å². The van der Waals surface area contributed by atoms with Gasteiger partial charge in [0.1, 0.15) is 5.52 Å². The first kappa shape index (κ1) is 19.4. The third kappa shape index (κ3) is 4.65. The van der Waals surface area contributed by atoms with Crippen molar-refractivity contribution in [2.45, 2.75) is 26.7 Å². The lowest BCUT2D eigenvalue weighted by Gasteiger charge is -2.14. The van der Waals surface area contributed by atoms with Crippen molar-refractivity contribution in [3.8, 4) is 0 Å². The second-order valence-electron chi connectivity index (χ2n) is 6.17. The zero-order valence-electron chi connectivity index (χ0n) is 15.9. The molecule has 0 aliphatic heterocycles. The number of benzene rings is 2. The van der Waals surface area contributed by atoms with Crippen molar-refractivity contribution >= 4 is 34.7 Å². The average Bonchev–Trinajstić information content (AvgIpc) is 3.14. The summed E-state index contributed by atoms with van der Waals surface area (Å²) in [6.07, 6.45) is 4.21. The van der Waals surface area contributed by atoms with Gasteiger partial charge in [-0.1, -0.05) is 44.2 Å². The predicted molar refractivity (Wildman–Crippen MR) is 108 cm³/mol. The topological polar surface area (TPSA) is 81.4 Å². The third-order valence-electron chi connectivity index (χ3n) is 4.28. The summed E-state index contributed by atoms with van der Waals surface area (Å²) < 4.78 is 10.5. The van der Waals surface area contributed by atoms with E-state index >= 15 is 0 Å². The van der Waals surface area contributed by atoms with Crippen molar-refractivity contribution in [1.29, 1.82) is 0 Å². The van der Waals surface area contributed by atoms with Crippen LogP contribution in [0.4, 0.5) is 5.69 Å². The highest BCUT2D eigenvalue weighted by atomic mass is 16.5. The van der Waals surface area contributed by atoms with Crippen molar-refractivity contribution < 1.29 is 18.7 Å². The van der Waals surface area contributed by atoms with Gasteiger partial charge in [-0.05, 0) is 36.1 Å². The fourth-order valence-corrected chi connectivity index (χ4v) is 2.86. The van der Waals surface area contributed by atoms with Crippen LogP contribution in [-0.4, -0.2) is 23.5 Å². The van der Waals surface area contributed by atoms with E-state index in [0.29, 0.717) is 17.0 Å². The van der Waals surface area contributed by atoms with Gasteiger partial charge in [-0.15, -0.1) is 0 Å². The molecule has 1 heterocycles. The molecular weight excluding hydrogens is 356 g/mol. The summed E-state index contributed by atoms with van der Waals surface area (Å²) >= 11 is 0. The number of amides is 1. The molecular formula is C22H22N2O4. The number of aryl methyl sites for hydroxylation is 2. The number of carbonyl (C=O) groups is 2. The van der Waals surface area contributed by atoms with Crippen LogP contribution < -0.4 is 5.32 Å². The Balaban J connectivity index is 1.56. The Morgan fingerprint density at radius 2 is 1.79 bits per heavy atom. The molecule has 28 heavy (non-hydrogen) atoms. The summed E-state index contributed by atoms with van der Waals surface area (Å²) in [5, 5.41) is 2.86. The average molecular weight is 378 g/mol. The number of nitrogens with zero attached hydrogens (tertiary/aromatic N) is 1. The minimum Gasteiger partial charge on any atom is -0.452 e. The van der Waals surface area contributed by atoms with Gasteiger partial charge in [-0.2, -0.15) is 0 Å². The lowest BCUT2D eigenvalue weighted by Crippen LogP contribution is -2.21. The summed E-state index contributed by atoms with van der Waals surface area (Å²) in [7, 11) is 0. The molecule has 1 aromatic heterocycles. The lowest BCUT2D eigenvalue weighted by atomic mass is 10.0. The smallest absolute Gasteiger partial charge is 0.331 e. The summed E-state index contributed by atoms with van der Waals surface area (Å²) in [5.41, 5.74) is 4.24. The number of oxazole rings is 1. The van der Waals surface area contributed by atoms with E-state index in [-0.39, 0.29) is 12.5 Å². The number of aromatic nitrogens is 1. The molecule has 0 spiro atoms. The number of esters is 1. The Labute approximate surface area is 163 Å². The van der Waals surface area contributed by atoms with Gasteiger partial charge in [0, 0.05) is 17.8 Å². The zero-order valence-corrected chi connectivity index (χ0v) is 15.9. The third-order valence-corrected chi connectivity index (χ3v) is 4.28. The van der Waals surface area contributed by atoms with Crippen molar-refractivity contribution in [1.82, 2.24) is 4.98 Å². The van der Waals surface area contributed by atoms with Crippen LogP contribution in [-0.2, 0) is 27.2 Å². The molecule has 1 N–H and O–H groups in total. The van der Waals surface area contributed by atoms with Crippen molar-refractivity contribution in [2.24, 2.45) is 0 Å². The fourth-order valence-electron chi connectivity index (χ4n) is 2.86. The normalized spacial score (nSPS) is 11.1. The predicted octanol–water partition coefficient (Wildman–Crippen LogP) is 4.15. The number of nitrogens with one attached hydrogen (secondary N) is 1. The van der Waals surface area contributed by atoms with E-state index in [9.17, 15) is 9.59 Å². The molecule has 0 bridgehead atoms. The first-order chi connectivity index (χ1) is 13.6. The SMILES string of the molecule is CCc1cccc(CC)c1NC(=O)COC(=O)/C=C/c1nc2ccccc2o1. The van der Waals surface area contributed by atoms with Crippen LogP contribution >= 0.6 is 0 Å². The van der Waals surface area contributed by atoms with Crippen molar-refractivity contribution in [3.05, 3.63) is 65.6 Å². The number of carbonyl (C=O) groups excluding carboxylic acids is 2. The minimum atomic E-state index is -0.642. The van der Waals surface area contributed by atoms with Crippen molar-refractivity contribution in [2.75, 3.05) is 11.9 Å². The number of hydrogen-bond donors (Lipinski definition) is 1. The highest BCUT2D eigenvalue weighted by Crippen LogP contribution is 2.22. The Kier molecular flexibility index (Phi) is 6.22. The first-order valence-corrected chi connectivity index (χ1v) is 9.21. The molecule has 0 atom stereocenters. The van der Waals surface area contributed by atoms with E-state index < -0.39 is 5.97 Å². The van der Waals surface area contributed by atoms with Gasteiger partial charge in [0.15, 0.2) is 12.2 Å². The Morgan fingerprint density at radius 1 is 1.07 bits per heavy atom. The van der Waals surface area contributed by atoms with E-state index in [2.05, 4.69) is 10.3 Å². The van der Waals surface area contributed by atoms with Gasteiger partial charge < -0.3 is 14.5 Å². The van der Waals surface area contributed by atoms with Crippen molar-refractivity contribution in [3.63, 3.8) is 0 Å². The second kappa shape index (κ2) is 8.99. The second-order valence-corrected chi connectivity index (χ2v) is 6.17. The lowest BCUT2D eigenvalue weighted by molar-refractivity contribution is -0.142. The van der Waals surface area contributed by atoms with Gasteiger partial charge in [0.2, 0.25) is 5.89 Å². The quantitative estimate of drug-likeness (QED) is 0.493. The van der Waals surface area contributed by atoms with Crippen LogP contribution in [0.25, 0.3) is 17.2 Å². The zero-order chi connectivity index (χ0) is 19.9. The largest absolute Gasteiger partial charge is 0.452 e. The molecule has 0 saturated carbocycles. The fraction of sp³-hybridized carbons (Fsp3) is 0.227. The maximum atomic E-state index is 12.2. The van der Waals surface area contributed by atoms with E-state index in [4.69, 9.17) is 9.15 Å². The maximum Gasteiger partial charge on any atom is 0.331 e. The highest BCUT2D eigenvalue weighted by molar-refractivity contribution is 5.95. The van der Waals surface area contributed by atoms with E-state index in [1.54, 1.807) is 6.07 Å². The van der Waals surface area contributed by atoms with Gasteiger partial charge >= 0.3 is 5.97 Å². The van der Waals surface area contributed by atoms with Crippen LogP contribution in [0.1, 0.15) is 30.9 Å². The number of hydrogen-bond acceptors (Lipinski definition) is 5. The van der Waals surface area contributed by atoms with Crippen LogP contribution in [0.5, 0.6) is 0 Å². The highest BCUT2D eigenvalue weighted by Gasteiger charge is 2.11. The standard InChI is InChI=1S/C22H22N2O4/c1-3-15-8-7-9-16(4-2)22(15)24-19(25)14-27-21(26)13-12-20-23-17-10-5-6-11-18(17)28-20/h5-13H,3-4,14H2,1-2H3,(H,24,25)/b13-12+. The number of rotatable bonds is 7. The number of anilines is 1. The Hall–Kier alpha value is -3.41. The Bertz CT molecular complexity index is 965. The summed E-state index contributed by atoms with van der Waals surface area (Å²) in [6, 6.07) is 13.2. The maximum absolute atomic E-state index is 12.2. The van der Waals surface area contributed by atoms with E-state index in [1.807, 2.05) is 50.2 Å². The van der Waals surface area contributed by atoms with Gasteiger partial charge in [-0.25, -0.2) is 9.78 Å². The summed E-state index contributed by atoms with van der Waals surface area (Å²) in [5.74, 6) is -0.719. The molecule has 6 nitrogen and oxygen atoms in total. The summed E-state index contributed by atoms with van der Waals surface area (Å²) in [4.78, 5) is 28.3. The molecule has 6 heteroatoms. The molecule has 3 aromatic rings. The molecule has 0 fully saturated rings. The molecule has 2 aromatic carbocycles. The molecule has 0 radical (unpaired) electrons. The van der Waals surface area contributed by atoms with Crippen LogP contribution in [0.15, 0.2) is 53.0 Å². The summed E-state index contributed by atoms with van der Waals surface area (Å²) in [6.45, 7) is 3.70. The van der Waals surface area contributed by atoms with Crippen LogP contribution in [0, 0.1) is 0 Å². The molecule has 0 saturated heterocycles. The molecule has 144 valence electrons. The number of fused-ring (bicyclic) bond motifs is 1. The molecule has 1 amide bonds.